The van der Waals surface area contributed by atoms with Crippen molar-refractivity contribution in [3.8, 4) is 10.8 Å². The minimum Gasteiger partial charge on any atom is -0.448 e. The first kappa shape index (κ1) is 14.9. The van der Waals surface area contributed by atoms with Crippen molar-refractivity contribution < 1.29 is 23.0 Å². The van der Waals surface area contributed by atoms with Gasteiger partial charge in [-0.25, -0.2) is 18.0 Å². The van der Waals surface area contributed by atoms with Crippen LogP contribution >= 0.6 is 11.3 Å². The number of alkyl halides is 2. The second-order valence-corrected chi connectivity index (χ2v) is 6.22. The maximum atomic E-state index is 13.6. The van der Waals surface area contributed by atoms with Crippen molar-refractivity contribution >= 4 is 17.0 Å². The Balaban J connectivity index is 2.00. The molecular weight excluding hydrogens is 315 g/mol. The van der Waals surface area contributed by atoms with Crippen LogP contribution in [0.4, 0.5) is 18.9 Å². The first-order valence-corrected chi connectivity index (χ1v) is 7.17. The monoisotopic (exact) mass is 325 g/mol. The Kier molecular flexibility index (Phi) is 3.38. The molecule has 22 heavy (non-hydrogen) atoms. The largest absolute Gasteiger partial charge is 0.448 e. The molecule has 0 radical (unpaired) electrons. The van der Waals surface area contributed by atoms with Crippen LogP contribution in [0, 0.1) is 19.3 Å². The van der Waals surface area contributed by atoms with E-state index in [1.54, 1.807) is 6.92 Å². The first-order chi connectivity index (χ1) is 10.3. The molecule has 0 spiro atoms. The van der Waals surface area contributed by atoms with E-state index in [0.717, 1.165) is 23.5 Å². The minimum absolute atomic E-state index is 0.0605. The second-order valence-electron chi connectivity index (χ2n) is 5.04. The number of aliphatic hydroxyl groups excluding tert-OH is 1. The van der Waals surface area contributed by atoms with Crippen LogP contribution < -0.4 is 4.74 Å². The van der Waals surface area contributed by atoms with E-state index in [2.05, 4.69) is 4.85 Å². The lowest BCUT2D eigenvalue weighted by atomic mass is 10.1. The summed E-state index contributed by atoms with van der Waals surface area (Å²) in [7, 11) is 0. The highest BCUT2D eigenvalue weighted by Crippen LogP contribution is 2.52. The highest BCUT2D eigenvalue weighted by atomic mass is 32.1. The van der Waals surface area contributed by atoms with Crippen LogP contribution in [0.3, 0.4) is 0 Å². The van der Waals surface area contributed by atoms with Gasteiger partial charge in [-0.1, -0.05) is 0 Å². The molecule has 7 heteroatoms. The summed E-state index contributed by atoms with van der Waals surface area (Å²) in [6.07, 6.45) is -2.46. The fraction of sp³-hybridized carbons (Fsp3) is 0.267. The molecule has 0 saturated carbocycles. The number of hydrogen-bond acceptors (Lipinski definition) is 3. The number of rotatable bonds is 2. The smallest absolute Gasteiger partial charge is 0.281 e. The highest BCUT2D eigenvalue weighted by Gasteiger charge is 2.50. The van der Waals surface area contributed by atoms with Gasteiger partial charge in [-0.3, -0.25) is 0 Å². The molecular formula is C15H10F3NO2S. The number of aliphatic hydroxyl groups is 1. The minimum atomic E-state index is -3.23. The molecule has 1 aromatic carbocycles. The Labute approximate surface area is 128 Å². The molecule has 0 fully saturated rings. The summed E-state index contributed by atoms with van der Waals surface area (Å²) < 4.78 is 46.2. The molecule has 1 unspecified atom stereocenters. The third kappa shape index (κ3) is 2.34. The number of hydrogen-bond donors (Lipinski definition) is 1. The molecule has 0 amide bonds. The van der Waals surface area contributed by atoms with Gasteiger partial charge in [0.05, 0.1) is 6.57 Å². The van der Waals surface area contributed by atoms with Crippen molar-refractivity contribution in [2.45, 2.75) is 25.4 Å². The fourth-order valence-corrected chi connectivity index (χ4v) is 3.57. The van der Waals surface area contributed by atoms with Gasteiger partial charge in [0.15, 0.2) is 10.8 Å². The van der Waals surface area contributed by atoms with Crippen molar-refractivity contribution in [3.05, 3.63) is 51.4 Å². The van der Waals surface area contributed by atoms with Crippen molar-refractivity contribution in [2.75, 3.05) is 0 Å². The number of halogens is 3. The Morgan fingerprint density at radius 1 is 1.41 bits per heavy atom. The van der Waals surface area contributed by atoms with Crippen molar-refractivity contribution in [2.24, 2.45) is 0 Å². The molecule has 0 saturated heterocycles. The van der Waals surface area contributed by atoms with Gasteiger partial charge in [-0.05, 0) is 19.1 Å². The van der Waals surface area contributed by atoms with E-state index in [4.69, 9.17) is 11.3 Å². The second kappa shape index (κ2) is 5.00. The average Bonchev–Trinajstić information content (AvgIpc) is 2.85. The normalized spacial score (nSPS) is 18.8. The van der Waals surface area contributed by atoms with Gasteiger partial charge in [0.1, 0.15) is 17.7 Å². The molecule has 0 bridgehead atoms. The van der Waals surface area contributed by atoms with Gasteiger partial charge in [0.25, 0.3) is 5.92 Å². The third-order valence-electron chi connectivity index (χ3n) is 3.48. The topological polar surface area (TPSA) is 33.8 Å². The summed E-state index contributed by atoms with van der Waals surface area (Å²) >= 11 is 1.12. The van der Waals surface area contributed by atoms with Crippen LogP contribution in [0.25, 0.3) is 4.85 Å². The maximum Gasteiger partial charge on any atom is 0.281 e. The maximum absolute atomic E-state index is 13.6. The summed E-state index contributed by atoms with van der Waals surface area (Å²) in [6, 6.07) is 3.47. The van der Waals surface area contributed by atoms with Crippen LogP contribution in [0.2, 0.25) is 0 Å². The standard InChI is InChI=1S/C15H10F3NO2S/c1-7-12-11(6-15(17,18)13(12)20)14(22-7)21-10-4-8(16)3-9(5-10)19-2/h3-5,13,20H,6H2,1H3. The van der Waals surface area contributed by atoms with Crippen LogP contribution in [0.1, 0.15) is 22.1 Å². The summed E-state index contributed by atoms with van der Waals surface area (Å²) in [5.41, 5.74) is 0.491. The summed E-state index contributed by atoms with van der Waals surface area (Å²) in [5.74, 6) is -3.80. The van der Waals surface area contributed by atoms with Gasteiger partial charge in [-0.15, -0.1) is 11.3 Å². The van der Waals surface area contributed by atoms with E-state index in [9.17, 15) is 18.3 Å². The molecule has 0 aliphatic heterocycles. The third-order valence-corrected chi connectivity index (χ3v) is 4.52. The first-order valence-electron chi connectivity index (χ1n) is 6.36. The Hall–Kier alpha value is -2.04. The van der Waals surface area contributed by atoms with E-state index in [-0.39, 0.29) is 27.6 Å². The quantitative estimate of drug-likeness (QED) is 0.808. The molecule has 3 nitrogen and oxygen atoms in total. The molecule has 114 valence electrons. The van der Waals surface area contributed by atoms with Gasteiger partial charge in [-0.2, -0.15) is 0 Å². The van der Waals surface area contributed by atoms with Crippen LogP contribution in [-0.4, -0.2) is 11.0 Å². The van der Waals surface area contributed by atoms with Crippen molar-refractivity contribution in [1.29, 1.82) is 0 Å². The fourth-order valence-electron chi connectivity index (χ4n) is 2.51. The van der Waals surface area contributed by atoms with E-state index in [0.29, 0.717) is 4.88 Å². The summed E-state index contributed by atoms with van der Waals surface area (Å²) in [5, 5.41) is 9.90. The summed E-state index contributed by atoms with van der Waals surface area (Å²) in [4.78, 5) is 3.66. The number of nitrogens with zero attached hydrogens (tertiary/aromatic N) is 1. The lowest BCUT2D eigenvalue weighted by Crippen LogP contribution is -2.22. The van der Waals surface area contributed by atoms with E-state index >= 15 is 0 Å². The summed E-state index contributed by atoms with van der Waals surface area (Å²) in [6.45, 7) is 8.52. The van der Waals surface area contributed by atoms with Gasteiger partial charge >= 0.3 is 0 Å². The van der Waals surface area contributed by atoms with Crippen LogP contribution in [-0.2, 0) is 6.42 Å². The number of benzene rings is 1. The van der Waals surface area contributed by atoms with E-state index in [1.165, 1.54) is 6.07 Å². The zero-order valence-corrected chi connectivity index (χ0v) is 12.2. The van der Waals surface area contributed by atoms with E-state index in [1.807, 2.05) is 0 Å². The Bertz CT molecular complexity index is 795. The predicted molar refractivity (Wildman–Crippen MR) is 75.4 cm³/mol. The zero-order chi connectivity index (χ0) is 16.1. The Morgan fingerprint density at radius 3 is 2.82 bits per heavy atom. The van der Waals surface area contributed by atoms with Crippen LogP contribution in [0.5, 0.6) is 10.8 Å². The molecule has 1 aliphatic rings. The van der Waals surface area contributed by atoms with Crippen molar-refractivity contribution in [1.82, 2.24) is 0 Å². The number of aryl methyl sites for hydroxylation is 1. The van der Waals surface area contributed by atoms with Gasteiger partial charge < -0.3 is 9.84 Å². The van der Waals surface area contributed by atoms with Crippen molar-refractivity contribution in [3.63, 3.8) is 0 Å². The average molecular weight is 325 g/mol. The lowest BCUT2D eigenvalue weighted by molar-refractivity contribution is -0.0970. The SMILES string of the molecule is [C-]#[N+]c1cc(F)cc(Oc2sc(C)c3c2CC(F)(F)C3O)c1. The zero-order valence-electron chi connectivity index (χ0n) is 11.4. The molecule has 1 N–H and O–H groups in total. The van der Waals surface area contributed by atoms with Gasteiger partial charge in [0.2, 0.25) is 0 Å². The highest BCUT2D eigenvalue weighted by molar-refractivity contribution is 7.14. The molecule has 1 aliphatic carbocycles. The molecule has 2 aromatic rings. The molecule has 1 atom stereocenters. The number of thiophene rings is 1. The van der Waals surface area contributed by atoms with Gasteiger partial charge in [0, 0.05) is 28.5 Å². The van der Waals surface area contributed by atoms with Crippen LogP contribution in [0.15, 0.2) is 18.2 Å². The molecule has 3 rings (SSSR count). The number of ether oxygens (including phenoxy) is 1. The molecule has 1 aromatic heterocycles. The predicted octanol–water partition coefficient (Wildman–Crippen LogP) is 4.76. The number of fused-ring (bicyclic) bond motifs is 1. The Morgan fingerprint density at radius 2 is 2.14 bits per heavy atom. The van der Waals surface area contributed by atoms with E-state index < -0.39 is 24.3 Å². The molecule has 1 heterocycles. The lowest BCUT2D eigenvalue weighted by Gasteiger charge is -2.14.